The molecule has 2 N–H and O–H groups in total. The Hall–Kier alpha value is -2.34. The number of aromatic amines is 1. The zero-order chi connectivity index (χ0) is 20.6. The van der Waals surface area contributed by atoms with Crippen molar-refractivity contribution in [3.63, 3.8) is 0 Å². The Bertz CT molecular complexity index is 903. The molecule has 2 aromatic rings. The number of nitrogens with zero attached hydrogens (tertiary/aromatic N) is 1. The van der Waals surface area contributed by atoms with Crippen molar-refractivity contribution in [1.29, 1.82) is 0 Å². The summed E-state index contributed by atoms with van der Waals surface area (Å²) in [6.45, 7) is 2.40. The summed E-state index contributed by atoms with van der Waals surface area (Å²) in [5.41, 5.74) is 0.424. The molecular weight excluding hydrogens is 368 g/mol. The van der Waals surface area contributed by atoms with E-state index in [9.17, 15) is 14.7 Å². The van der Waals surface area contributed by atoms with Gasteiger partial charge >= 0.3 is 5.97 Å². The van der Waals surface area contributed by atoms with Crippen molar-refractivity contribution in [2.45, 2.75) is 57.1 Å². The maximum absolute atomic E-state index is 13.3. The number of methoxy groups -OCH3 is 1. The predicted octanol–water partition coefficient (Wildman–Crippen LogP) is 3.35. The van der Waals surface area contributed by atoms with E-state index in [-0.39, 0.29) is 36.2 Å². The third kappa shape index (κ3) is 3.66. The van der Waals surface area contributed by atoms with E-state index in [1.54, 1.807) is 13.1 Å². The lowest BCUT2D eigenvalue weighted by Crippen LogP contribution is -2.54. The largest absolute Gasteiger partial charge is 0.469 e. The summed E-state index contributed by atoms with van der Waals surface area (Å²) < 4.78 is 5.02. The van der Waals surface area contributed by atoms with Gasteiger partial charge in [-0.3, -0.25) is 9.59 Å². The molecule has 2 aliphatic rings. The molecule has 0 radical (unpaired) electrons. The first kappa shape index (κ1) is 20.0. The fraction of sp³-hybridized carbons (Fsp3) is 0.565. The highest BCUT2D eigenvalue weighted by atomic mass is 16.5. The number of hydrogen-bond acceptors (Lipinski definition) is 4. The van der Waals surface area contributed by atoms with E-state index >= 15 is 0 Å². The van der Waals surface area contributed by atoms with Gasteiger partial charge in [0, 0.05) is 35.2 Å². The van der Waals surface area contributed by atoms with Gasteiger partial charge in [-0.25, -0.2) is 0 Å². The molecule has 1 amide bonds. The van der Waals surface area contributed by atoms with Gasteiger partial charge in [0.2, 0.25) is 5.91 Å². The minimum absolute atomic E-state index is 0.0287. The number of benzene rings is 1. The number of likely N-dealkylation sites (tertiary alicyclic amines) is 1. The molecule has 1 aromatic carbocycles. The van der Waals surface area contributed by atoms with Crippen LogP contribution in [0.15, 0.2) is 30.5 Å². The van der Waals surface area contributed by atoms with Crippen LogP contribution in [0, 0.1) is 11.8 Å². The number of aliphatic hydroxyl groups is 1. The van der Waals surface area contributed by atoms with Crippen molar-refractivity contribution in [2.75, 3.05) is 13.7 Å². The number of fused-ring (bicyclic) bond motifs is 2. The van der Waals surface area contributed by atoms with Gasteiger partial charge in [-0.2, -0.15) is 0 Å². The number of carbonyl (C=O) groups is 2. The average Bonchev–Trinajstić information content (AvgIpc) is 3.17. The van der Waals surface area contributed by atoms with Gasteiger partial charge in [-0.15, -0.1) is 0 Å². The zero-order valence-electron chi connectivity index (χ0n) is 17.2. The van der Waals surface area contributed by atoms with Crippen molar-refractivity contribution in [1.82, 2.24) is 9.88 Å². The Morgan fingerprint density at radius 3 is 2.83 bits per heavy atom. The van der Waals surface area contributed by atoms with Crippen LogP contribution in [0.5, 0.6) is 0 Å². The number of H-pyrrole nitrogens is 1. The Kier molecular flexibility index (Phi) is 5.38. The molecule has 2 fully saturated rings. The summed E-state index contributed by atoms with van der Waals surface area (Å²) in [5.74, 6) is -0.157. The number of esters is 1. The van der Waals surface area contributed by atoms with Crippen molar-refractivity contribution in [2.24, 2.45) is 11.8 Å². The molecule has 156 valence electrons. The number of para-hydroxylation sites is 1. The van der Waals surface area contributed by atoms with Gasteiger partial charge in [0.05, 0.1) is 25.0 Å². The van der Waals surface area contributed by atoms with Crippen LogP contribution in [-0.2, 0) is 19.9 Å². The van der Waals surface area contributed by atoms with Gasteiger partial charge in [-0.05, 0) is 44.6 Å². The highest BCUT2D eigenvalue weighted by Gasteiger charge is 2.44. The number of hydrogen-bond donors (Lipinski definition) is 2. The third-order valence-corrected chi connectivity index (χ3v) is 6.85. The second-order valence-corrected chi connectivity index (χ2v) is 8.72. The topological polar surface area (TPSA) is 82.6 Å². The first-order valence-electron chi connectivity index (χ1n) is 10.6. The average molecular weight is 399 g/mol. The summed E-state index contributed by atoms with van der Waals surface area (Å²) in [7, 11) is 1.44. The van der Waals surface area contributed by atoms with Crippen LogP contribution in [0.2, 0.25) is 0 Å². The highest BCUT2D eigenvalue weighted by Crippen LogP contribution is 2.41. The van der Waals surface area contributed by atoms with Crippen LogP contribution in [-0.4, -0.2) is 46.6 Å². The molecule has 1 saturated heterocycles. The Morgan fingerprint density at radius 1 is 1.24 bits per heavy atom. The zero-order valence-corrected chi connectivity index (χ0v) is 17.2. The van der Waals surface area contributed by atoms with Crippen molar-refractivity contribution in [3.8, 4) is 0 Å². The third-order valence-electron chi connectivity index (χ3n) is 6.85. The van der Waals surface area contributed by atoms with Crippen LogP contribution in [0.3, 0.4) is 0 Å². The molecule has 0 spiro atoms. The molecule has 1 aliphatic heterocycles. The van der Waals surface area contributed by atoms with Gasteiger partial charge < -0.3 is 19.7 Å². The first-order chi connectivity index (χ1) is 13.9. The normalized spacial score (nSPS) is 26.6. The van der Waals surface area contributed by atoms with E-state index in [0.717, 1.165) is 48.6 Å². The quantitative estimate of drug-likeness (QED) is 0.774. The van der Waals surface area contributed by atoms with E-state index in [0.29, 0.717) is 6.54 Å². The summed E-state index contributed by atoms with van der Waals surface area (Å²) >= 11 is 0. The predicted molar refractivity (Wildman–Crippen MR) is 110 cm³/mol. The number of nitrogens with one attached hydrogen (secondary N) is 1. The smallest absolute Gasteiger partial charge is 0.309 e. The molecule has 2 heterocycles. The number of ether oxygens (including phenoxy) is 1. The summed E-state index contributed by atoms with van der Waals surface area (Å²) in [6.07, 6.45) is 6.33. The number of carbonyl (C=O) groups excluding carboxylic acids is 2. The van der Waals surface area contributed by atoms with Crippen molar-refractivity contribution < 1.29 is 19.4 Å². The van der Waals surface area contributed by atoms with Crippen LogP contribution in [0.1, 0.15) is 51.0 Å². The number of piperidine rings is 1. The lowest BCUT2D eigenvalue weighted by atomic mass is 9.71. The number of amides is 1. The molecule has 6 heteroatoms. The molecule has 1 saturated carbocycles. The highest BCUT2D eigenvalue weighted by molar-refractivity contribution is 5.85. The number of aromatic nitrogens is 1. The monoisotopic (exact) mass is 398 g/mol. The summed E-state index contributed by atoms with van der Waals surface area (Å²) in [4.78, 5) is 30.6. The lowest BCUT2D eigenvalue weighted by Gasteiger charge is -2.47. The molecule has 6 nitrogen and oxygen atoms in total. The van der Waals surface area contributed by atoms with Gasteiger partial charge in [-0.1, -0.05) is 24.6 Å². The van der Waals surface area contributed by atoms with Crippen LogP contribution in [0.4, 0.5) is 0 Å². The van der Waals surface area contributed by atoms with E-state index < -0.39 is 5.60 Å². The minimum Gasteiger partial charge on any atom is -0.469 e. The van der Waals surface area contributed by atoms with Crippen LogP contribution in [0.25, 0.3) is 10.9 Å². The second-order valence-electron chi connectivity index (χ2n) is 8.72. The van der Waals surface area contributed by atoms with E-state index in [4.69, 9.17) is 4.74 Å². The Labute approximate surface area is 171 Å². The fourth-order valence-electron chi connectivity index (χ4n) is 5.45. The minimum atomic E-state index is -1.26. The summed E-state index contributed by atoms with van der Waals surface area (Å²) in [5, 5.41) is 12.1. The van der Waals surface area contributed by atoms with Crippen LogP contribution < -0.4 is 0 Å². The van der Waals surface area contributed by atoms with E-state index in [1.165, 1.54) is 7.11 Å². The van der Waals surface area contributed by atoms with Crippen molar-refractivity contribution >= 4 is 22.8 Å². The Balaban J connectivity index is 1.53. The molecule has 4 rings (SSSR count). The van der Waals surface area contributed by atoms with Gasteiger partial charge in [0.15, 0.2) is 0 Å². The Morgan fingerprint density at radius 2 is 2.03 bits per heavy atom. The van der Waals surface area contributed by atoms with Crippen molar-refractivity contribution in [3.05, 3.63) is 36.0 Å². The number of rotatable bonds is 4. The lowest BCUT2D eigenvalue weighted by molar-refractivity contribution is -0.156. The maximum atomic E-state index is 13.3. The molecule has 4 unspecified atom stereocenters. The molecule has 0 bridgehead atoms. The molecule has 1 aromatic heterocycles. The fourth-order valence-corrected chi connectivity index (χ4v) is 5.45. The van der Waals surface area contributed by atoms with E-state index in [1.807, 2.05) is 29.2 Å². The standard InChI is InChI=1S/C23H30N2O4/c1-23(28,18-14-24-19-10-4-3-7-17(18)19)13-21(26)25-12-6-9-15-16(22(27)29-2)8-5-11-20(15)25/h3-4,7,10,14-16,20,24,28H,5-6,8-9,11-13H2,1-2H3. The van der Waals surface area contributed by atoms with E-state index in [2.05, 4.69) is 4.98 Å². The molecule has 4 atom stereocenters. The molecular formula is C23H30N2O4. The molecule has 1 aliphatic carbocycles. The maximum Gasteiger partial charge on any atom is 0.309 e. The van der Waals surface area contributed by atoms with Gasteiger partial charge in [0.1, 0.15) is 0 Å². The van der Waals surface area contributed by atoms with Gasteiger partial charge in [0.25, 0.3) is 0 Å². The second kappa shape index (κ2) is 7.82. The SMILES string of the molecule is COC(=O)C1CCCC2C1CCCN2C(=O)CC(C)(O)c1c[nH]c2ccccc12. The molecule has 29 heavy (non-hydrogen) atoms. The first-order valence-corrected chi connectivity index (χ1v) is 10.6. The summed E-state index contributed by atoms with van der Waals surface area (Å²) in [6, 6.07) is 7.85. The van der Waals surface area contributed by atoms with Crippen LogP contribution >= 0.6 is 0 Å².